The third-order valence-electron chi connectivity index (χ3n) is 5.07. The molecule has 6 heteroatoms. The van der Waals surface area contributed by atoms with Crippen LogP contribution in [0.4, 0.5) is 5.13 Å². The lowest BCUT2D eigenvalue weighted by molar-refractivity contribution is -0.123. The van der Waals surface area contributed by atoms with Crippen molar-refractivity contribution in [3.05, 3.63) is 23.8 Å². The van der Waals surface area contributed by atoms with E-state index in [1.54, 1.807) is 11.3 Å². The van der Waals surface area contributed by atoms with Gasteiger partial charge in [0.05, 0.1) is 10.2 Å². The van der Waals surface area contributed by atoms with Crippen molar-refractivity contribution < 1.29 is 4.79 Å². The number of anilines is 1. The molecule has 0 radical (unpaired) electrons. The van der Waals surface area contributed by atoms with E-state index < -0.39 is 0 Å². The zero-order valence-corrected chi connectivity index (χ0v) is 17.7. The van der Waals surface area contributed by atoms with Crippen molar-refractivity contribution in [1.29, 1.82) is 0 Å². The van der Waals surface area contributed by atoms with Crippen molar-refractivity contribution in [3.63, 3.8) is 0 Å². The lowest BCUT2D eigenvalue weighted by Gasteiger charge is -2.28. The molecule has 1 aromatic heterocycles. The van der Waals surface area contributed by atoms with Crippen LogP contribution in [0.3, 0.4) is 0 Å². The Labute approximate surface area is 167 Å². The normalized spacial score (nSPS) is 15.2. The van der Waals surface area contributed by atoms with Gasteiger partial charge in [0.2, 0.25) is 5.91 Å². The Balaban J connectivity index is 0.00000243. The van der Waals surface area contributed by atoms with Crippen molar-refractivity contribution >= 4 is 45.0 Å². The summed E-state index contributed by atoms with van der Waals surface area (Å²) in [7, 11) is 4.10. The Morgan fingerprint density at radius 2 is 1.92 bits per heavy atom. The third-order valence-corrected chi connectivity index (χ3v) is 6.11. The fourth-order valence-corrected chi connectivity index (χ4v) is 4.52. The molecule has 0 bridgehead atoms. The van der Waals surface area contributed by atoms with E-state index in [9.17, 15) is 4.79 Å². The molecule has 1 saturated carbocycles. The third kappa shape index (κ3) is 4.96. The quantitative estimate of drug-likeness (QED) is 0.707. The van der Waals surface area contributed by atoms with Crippen molar-refractivity contribution in [2.45, 2.75) is 45.4 Å². The average molecular weight is 396 g/mol. The van der Waals surface area contributed by atoms with E-state index in [4.69, 9.17) is 4.98 Å². The molecule has 0 aliphatic heterocycles. The monoisotopic (exact) mass is 395 g/mol. The number of thiazole rings is 1. The highest BCUT2D eigenvalue weighted by atomic mass is 35.5. The van der Waals surface area contributed by atoms with E-state index in [0.717, 1.165) is 36.5 Å². The van der Waals surface area contributed by atoms with Gasteiger partial charge in [-0.25, -0.2) is 4.98 Å². The van der Waals surface area contributed by atoms with Gasteiger partial charge in [0.15, 0.2) is 5.13 Å². The van der Waals surface area contributed by atoms with E-state index in [-0.39, 0.29) is 24.2 Å². The molecular formula is C20H30ClN3OS. The Morgan fingerprint density at radius 1 is 1.19 bits per heavy atom. The van der Waals surface area contributed by atoms with Gasteiger partial charge in [-0.05, 0) is 51.1 Å². The Kier molecular flexibility index (Phi) is 7.86. The van der Waals surface area contributed by atoms with Gasteiger partial charge in [-0.15, -0.1) is 12.4 Å². The zero-order valence-electron chi connectivity index (χ0n) is 16.0. The molecule has 1 heterocycles. The maximum absolute atomic E-state index is 13.2. The van der Waals surface area contributed by atoms with Crippen molar-refractivity contribution in [2.24, 2.45) is 5.92 Å². The minimum atomic E-state index is 0. The molecule has 3 rings (SSSR count). The van der Waals surface area contributed by atoms with E-state index in [1.807, 2.05) is 4.90 Å². The molecule has 1 fully saturated rings. The largest absolute Gasteiger partial charge is 0.308 e. The Hall–Kier alpha value is -1.17. The van der Waals surface area contributed by atoms with Gasteiger partial charge in [0, 0.05) is 19.0 Å². The number of nitrogens with zero attached hydrogens (tertiary/aromatic N) is 3. The van der Waals surface area contributed by atoms with Crippen molar-refractivity contribution in [3.8, 4) is 0 Å². The summed E-state index contributed by atoms with van der Waals surface area (Å²) >= 11 is 1.65. The highest BCUT2D eigenvalue weighted by Gasteiger charge is 2.28. The van der Waals surface area contributed by atoms with Gasteiger partial charge in [0.1, 0.15) is 0 Å². The van der Waals surface area contributed by atoms with Crippen LogP contribution in [0.1, 0.15) is 44.6 Å². The van der Waals surface area contributed by atoms with Gasteiger partial charge in [-0.3, -0.25) is 9.69 Å². The fourth-order valence-electron chi connectivity index (χ4n) is 3.46. The predicted molar refractivity (Wildman–Crippen MR) is 114 cm³/mol. The van der Waals surface area contributed by atoms with Crippen LogP contribution in [0, 0.1) is 5.92 Å². The van der Waals surface area contributed by atoms with Gasteiger partial charge in [-0.2, -0.15) is 0 Å². The molecule has 4 nitrogen and oxygen atoms in total. The summed E-state index contributed by atoms with van der Waals surface area (Å²) in [4.78, 5) is 22.1. The second kappa shape index (κ2) is 9.67. The summed E-state index contributed by atoms with van der Waals surface area (Å²) in [5.74, 6) is 0.449. The van der Waals surface area contributed by atoms with E-state index in [1.165, 1.54) is 29.5 Å². The standard InChI is InChI=1S/C20H29N3OS.ClH/c1-4-15-10-11-17-18(14-15)25-20(21-17)23(13-12-22(2)3)19(24)16-8-6-5-7-9-16;/h10-11,14,16H,4-9,12-13H2,1-3H3;1H. The molecule has 0 atom stereocenters. The molecule has 2 aromatic rings. The van der Waals surface area contributed by atoms with Crippen molar-refractivity contribution in [2.75, 3.05) is 32.1 Å². The number of likely N-dealkylation sites (N-methyl/N-ethyl adjacent to an activating group) is 1. The number of carbonyl (C=O) groups is 1. The molecule has 26 heavy (non-hydrogen) atoms. The molecule has 0 spiro atoms. The van der Waals surface area contributed by atoms with Gasteiger partial charge in [0.25, 0.3) is 0 Å². The number of halogens is 1. The lowest BCUT2D eigenvalue weighted by atomic mass is 9.88. The highest BCUT2D eigenvalue weighted by molar-refractivity contribution is 7.22. The predicted octanol–water partition coefficient (Wildman–Crippen LogP) is 4.76. The lowest BCUT2D eigenvalue weighted by Crippen LogP contribution is -2.41. The minimum absolute atomic E-state index is 0. The van der Waals surface area contributed by atoms with Gasteiger partial charge in [-0.1, -0.05) is 43.6 Å². The summed E-state index contributed by atoms with van der Waals surface area (Å²) in [6.07, 6.45) is 6.70. The molecule has 1 aliphatic carbocycles. The number of aryl methyl sites for hydroxylation is 1. The first-order valence-corrected chi connectivity index (χ1v) is 10.3. The van der Waals surface area contributed by atoms with Crippen LogP contribution in [0.25, 0.3) is 10.2 Å². The van der Waals surface area contributed by atoms with Crippen LogP contribution in [-0.2, 0) is 11.2 Å². The van der Waals surface area contributed by atoms with Crippen LogP contribution in [0.2, 0.25) is 0 Å². The first-order valence-electron chi connectivity index (χ1n) is 9.44. The van der Waals surface area contributed by atoms with Crippen molar-refractivity contribution in [1.82, 2.24) is 9.88 Å². The number of amides is 1. The summed E-state index contributed by atoms with van der Waals surface area (Å²) in [6, 6.07) is 6.44. The molecular weight excluding hydrogens is 366 g/mol. The van der Waals surface area contributed by atoms with Crippen LogP contribution in [0.15, 0.2) is 18.2 Å². The first-order chi connectivity index (χ1) is 12.1. The van der Waals surface area contributed by atoms with Crippen LogP contribution >= 0.6 is 23.7 Å². The first kappa shape index (κ1) is 21.1. The number of fused-ring (bicyclic) bond motifs is 1. The second-order valence-electron chi connectivity index (χ2n) is 7.28. The summed E-state index contributed by atoms with van der Waals surface area (Å²) in [5.41, 5.74) is 2.32. The molecule has 0 N–H and O–H groups in total. The SMILES string of the molecule is CCc1ccc2nc(N(CCN(C)C)C(=O)C3CCCCC3)sc2c1.Cl. The topological polar surface area (TPSA) is 36.4 Å². The molecule has 1 aromatic carbocycles. The smallest absolute Gasteiger partial charge is 0.231 e. The Bertz CT molecular complexity index is 725. The minimum Gasteiger partial charge on any atom is -0.308 e. The number of benzene rings is 1. The second-order valence-corrected chi connectivity index (χ2v) is 8.29. The molecule has 144 valence electrons. The number of rotatable bonds is 6. The highest BCUT2D eigenvalue weighted by Crippen LogP contribution is 2.33. The van der Waals surface area contributed by atoms with Crippen LogP contribution < -0.4 is 4.90 Å². The number of carbonyl (C=O) groups excluding carboxylic acids is 1. The fraction of sp³-hybridized carbons (Fsp3) is 0.600. The maximum atomic E-state index is 13.2. The zero-order chi connectivity index (χ0) is 17.8. The molecule has 1 aliphatic rings. The average Bonchev–Trinajstić information content (AvgIpc) is 3.04. The number of hydrogen-bond acceptors (Lipinski definition) is 4. The number of hydrogen-bond donors (Lipinski definition) is 0. The van der Waals surface area contributed by atoms with E-state index in [2.05, 4.69) is 44.1 Å². The van der Waals surface area contributed by atoms with E-state index in [0.29, 0.717) is 6.54 Å². The summed E-state index contributed by atoms with van der Waals surface area (Å²) < 4.78 is 1.18. The summed E-state index contributed by atoms with van der Waals surface area (Å²) in [5, 5.41) is 0.862. The Morgan fingerprint density at radius 3 is 2.58 bits per heavy atom. The van der Waals surface area contributed by atoms with Gasteiger partial charge < -0.3 is 4.90 Å². The van der Waals surface area contributed by atoms with Crippen LogP contribution in [-0.4, -0.2) is 43.0 Å². The van der Waals surface area contributed by atoms with Crippen LogP contribution in [0.5, 0.6) is 0 Å². The maximum Gasteiger partial charge on any atom is 0.231 e. The molecule has 0 saturated heterocycles. The molecule has 1 amide bonds. The van der Waals surface area contributed by atoms with E-state index >= 15 is 0 Å². The molecule has 0 unspecified atom stereocenters. The summed E-state index contributed by atoms with van der Waals surface area (Å²) in [6.45, 7) is 3.73. The number of aromatic nitrogens is 1. The van der Waals surface area contributed by atoms with Gasteiger partial charge >= 0.3 is 0 Å².